The van der Waals surface area contributed by atoms with Crippen LogP contribution >= 0.6 is 23.1 Å². The Morgan fingerprint density at radius 3 is 2.71 bits per heavy atom. The molecule has 1 nitrogen and oxygen atoms in total. The van der Waals surface area contributed by atoms with E-state index in [2.05, 4.69) is 11.3 Å². The minimum atomic E-state index is 0.657. The Balaban J connectivity index is 3.12. The maximum Gasteiger partial charge on any atom is 0.0745 e. The zero-order valence-electron chi connectivity index (χ0n) is 3.52. The third kappa shape index (κ3) is 0.924. The van der Waals surface area contributed by atoms with Crippen molar-refractivity contribution in [2.75, 3.05) is 0 Å². The number of aromatic nitrogens is 1. The first kappa shape index (κ1) is 5.06. The molecule has 0 atom stereocenters. The van der Waals surface area contributed by atoms with Gasteiger partial charge >= 0.3 is 0 Å². The largest absolute Gasteiger partial charge is 0.199 e. The third-order valence-corrected chi connectivity index (χ3v) is 1.68. The van der Waals surface area contributed by atoms with E-state index < -0.39 is 0 Å². The minimum Gasteiger partial charge on any atom is -0.199 e. The number of rotatable bonds is 0. The number of hydrogen-bond acceptors (Lipinski definition) is 2. The maximum absolute atomic E-state index is 5.51. The molecule has 1 aromatic heterocycles. The molecule has 0 N–H and O–H groups in total. The smallest absolute Gasteiger partial charge is 0.0745 e. The molecular weight excluding hydrogens is 130 g/mol. The van der Waals surface area contributed by atoms with E-state index in [9.17, 15) is 0 Å². The predicted octanol–water partition coefficient (Wildman–Crippen LogP) is 1.98. The van der Waals surface area contributed by atoms with Gasteiger partial charge in [-0.05, 0) is 18.5 Å². The Morgan fingerprint density at radius 2 is 2.57 bits per heavy atom. The van der Waals surface area contributed by atoms with Gasteiger partial charge in [-0.1, -0.05) is 11.6 Å². The molecule has 1 radical (unpaired) electrons. The van der Waals surface area contributed by atoms with Crippen LogP contribution in [-0.4, -0.2) is 4.37 Å². The summed E-state index contributed by atoms with van der Waals surface area (Å²) in [7, 11) is 0. The fraction of sp³-hybridized carbons (Fsp3) is 0. The van der Waals surface area contributed by atoms with Crippen molar-refractivity contribution in [3.05, 3.63) is 23.0 Å². The Labute approximate surface area is 51.1 Å². The van der Waals surface area contributed by atoms with Crippen LogP contribution in [0.15, 0.2) is 6.20 Å². The van der Waals surface area contributed by atoms with Gasteiger partial charge in [0.15, 0.2) is 0 Å². The van der Waals surface area contributed by atoms with Gasteiger partial charge in [0.1, 0.15) is 0 Å². The zero-order valence-corrected chi connectivity index (χ0v) is 5.09. The summed E-state index contributed by atoms with van der Waals surface area (Å²) in [4.78, 5) is 0.835. The lowest BCUT2D eigenvalue weighted by molar-refractivity contribution is 1.58. The molecule has 0 fully saturated rings. The normalized spacial score (nSPS) is 9.43. The first-order valence-electron chi connectivity index (χ1n) is 1.73. The lowest BCUT2D eigenvalue weighted by Crippen LogP contribution is -1.52. The van der Waals surface area contributed by atoms with Crippen molar-refractivity contribution < 1.29 is 0 Å². The molecule has 0 bridgehead atoms. The van der Waals surface area contributed by atoms with E-state index in [1.54, 1.807) is 6.20 Å². The molecule has 1 rings (SSSR count). The van der Waals surface area contributed by atoms with Gasteiger partial charge in [-0.25, -0.2) is 0 Å². The van der Waals surface area contributed by atoms with Gasteiger partial charge in [0.05, 0.1) is 11.2 Å². The molecule has 1 heterocycles. The molecular formula is C4H3ClNS. The molecule has 7 heavy (non-hydrogen) atoms. The molecule has 0 aliphatic rings. The van der Waals surface area contributed by atoms with Crippen molar-refractivity contribution in [2.24, 2.45) is 0 Å². The van der Waals surface area contributed by atoms with Crippen LogP contribution in [-0.2, 0) is 0 Å². The van der Waals surface area contributed by atoms with Crippen LogP contribution in [0.3, 0.4) is 0 Å². The van der Waals surface area contributed by atoms with Crippen molar-refractivity contribution in [3.63, 3.8) is 0 Å². The summed E-state index contributed by atoms with van der Waals surface area (Å²) in [5.74, 6) is 0. The first-order chi connectivity index (χ1) is 3.30. The van der Waals surface area contributed by atoms with E-state index in [-0.39, 0.29) is 0 Å². The zero-order chi connectivity index (χ0) is 5.28. The second-order valence-electron chi connectivity index (χ2n) is 1.10. The van der Waals surface area contributed by atoms with E-state index in [1.807, 2.05) is 0 Å². The van der Waals surface area contributed by atoms with E-state index >= 15 is 0 Å². The third-order valence-electron chi connectivity index (χ3n) is 0.595. The van der Waals surface area contributed by atoms with E-state index in [4.69, 9.17) is 11.6 Å². The Hall–Kier alpha value is -0.0800. The van der Waals surface area contributed by atoms with Crippen LogP contribution in [0.4, 0.5) is 0 Å². The van der Waals surface area contributed by atoms with Crippen LogP contribution in [0.2, 0.25) is 5.02 Å². The topological polar surface area (TPSA) is 12.9 Å². The van der Waals surface area contributed by atoms with Crippen molar-refractivity contribution in [2.45, 2.75) is 0 Å². The lowest BCUT2D eigenvalue weighted by Gasteiger charge is -1.73. The van der Waals surface area contributed by atoms with Crippen molar-refractivity contribution in [1.82, 2.24) is 4.37 Å². The molecule has 0 spiro atoms. The second-order valence-corrected chi connectivity index (χ2v) is 2.39. The highest BCUT2D eigenvalue weighted by Gasteiger charge is 1.92. The van der Waals surface area contributed by atoms with Crippen molar-refractivity contribution in [1.29, 1.82) is 0 Å². The average molecular weight is 133 g/mol. The monoisotopic (exact) mass is 132 g/mol. The van der Waals surface area contributed by atoms with Crippen molar-refractivity contribution >= 4 is 23.1 Å². The summed E-state index contributed by atoms with van der Waals surface area (Å²) in [5, 5.41) is 0.657. The van der Waals surface area contributed by atoms with Gasteiger partial charge in [-0.3, -0.25) is 0 Å². The van der Waals surface area contributed by atoms with Gasteiger partial charge in [0, 0.05) is 4.88 Å². The minimum absolute atomic E-state index is 0.657. The van der Waals surface area contributed by atoms with E-state index in [0.717, 1.165) is 4.88 Å². The molecule has 0 amide bonds. The molecule has 0 unspecified atom stereocenters. The van der Waals surface area contributed by atoms with E-state index in [0.29, 0.717) is 5.02 Å². The van der Waals surface area contributed by atoms with Gasteiger partial charge in [-0.15, -0.1) is 0 Å². The fourth-order valence-corrected chi connectivity index (χ4v) is 0.887. The van der Waals surface area contributed by atoms with Crippen LogP contribution in [0, 0.1) is 6.92 Å². The van der Waals surface area contributed by atoms with Crippen LogP contribution < -0.4 is 0 Å². The fourth-order valence-electron chi connectivity index (χ4n) is 0.252. The van der Waals surface area contributed by atoms with Gasteiger partial charge in [0.25, 0.3) is 0 Å². The first-order valence-corrected chi connectivity index (χ1v) is 2.88. The van der Waals surface area contributed by atoms with Crippen molar-refractivity contribution in [3.8, 4) is 0 Å². The average Bonchev–Trinajstić information content (AvgIpc) is 1.91. The SMILES string of the molecule is [CH2]c1sncc1Cl. The predicted molar refractivity (Wildman–Crippen MR) is 31.6 cm³/mol. The van der Waals surface area contributed by atoms with Gasteiger partial charge in [0.2, 0.25) is 0 Å². The number of nitrogens with zero attached hydrogens (tertiary/aromatic N) is 1. The van der Waals surface area contributed by atoms with Crippen LogP contribution in [0.1, 0.15) is 4.88 Å². The number of hydrogen-bond donors (Lipinski definition) is 0. The van der Waals surface area contributed by atoms with Crippen LogP contribution in [0.5, 0.6) is 0 Å². The molecule has 0 aromatic carbocycles. The molecule has 0 saturated heterocycles. The lowest BCUT2D eigenvalue weighted by atomic mass is 10.6. The quantitative estimate of drug-likeness (QED) is 0.526. The highest BCUT2D eigenvalue weighted by Crippen LogP contribution is 2.16. The summed E-state index contributed by atoms with van der Waals surface area (Å²) >= 11 is 6.82. The molecule has 3 heteroatoms. The summed E-state index contributed by atoms with van der Waals surface area (Å²) in [6.07, 6.45) is 1.59. The summed E-state index contributed by atoms with van der Waals surface area (Å²) in [6.45, 7) is 3.60. The maximum atomic E-state index is 5.51. The summed E-state index contributed by atoms with van der Waals surface area (Å²) in [6, 6.07) is 0. The number of halogens is 1. The Bertz CT molecular complexity index is 144. The molecule has 0 saturated carbocycles. The molecule has 0 aliphatic carbocycles. The second kappa shape index (κ2) is 1.80. The van der Waals surface area contributed by atoms with Gasteiger partial charge in [-0.2, -0.15) is 4.37 Å². The standard InChI is InChI=1S/C4H3ClNS/c1-3-4(5)2-6-7-3/h2H,1H2. The van der Waals surface area contributed by atoms with E-state index in [1.165, 1.54) is 11.5 Å². The Kier molecular flexibility index (Phi) is 1.30. The summed E-state index contributed by atoms with van der Waals surface area (Å²) < 4.78 is 3.77. The highest BCUT2D eigenvalue weighted by molar-refractivity contribution is 7.06. The summed E-state index contributed by atoms with van der Waals surface area (Å²) in [5.41, 5.74) is 0. The highest BCUT2D eigenvalue weighted by atomic mass is 35.5. The Morgan fingerprint density at radius 1 is 1.86 bits per heavy atom. The van der Waals surface area contributed by atoms with Crippen LogP contribution in [0.25, 0.3) is 0 Å². The van der Waals surface area contributed by atoms with Gasteiger partial charge < -0.3 is 0 Å². The molecule has 1 aromatic rings. The molecule has 0 aliphatic heterocycles. The molecule has 37 valence electrons.